The Bertz CT molecular complexity index is 5820. The summed E-state index contributed by atoms with van der Waals surface area (Å²) < 4.78 is 11.6. The van der Waals surface area contributed by atoms with Crippen LogP contribution < -0.4 is 0 Å². The van der Waals surface area contributed by atoms with Gasteiger partial charge < -0.3 is 9.47 Å². The first-order valence-electron chi connectivity index (χ1n) is 42.8. The van der Waals surface area contributed by atoms with Crippen molar-refractivity contribution < 1.29 is 67.0 Å². The quantitative estimate of drug-likeness (QED) is 0.0280. The van der Waals surface area contributed by atoms with E-state index in [-0.39, 0.29) is 115 Å². The van der Waals surface area contributed by atoms with Gasteiger partial charge >= 0.3 is 0 Å². The van der Waals surface area contributed by atoms with Crippen LogP contribution in [0, 0.1) is 0 Å². The van der Waals surface area contributed by atoms with Gasteiger partial charge in [0.25, 0.3) is 70.9 Å². The number of rotatable bonds is 32. The van der Waals surface area contributed by atoms with E-state index in [0.717, 1.165) is 95.8 Å². The van der Waals surface area contributed by atoms with Gasteiger partial charge in [-0.15, -0.1) is 0 Å². The number of imide groups is 6. The summed E-state index contributed by atoms with van der Waals surface area (Å²) in [6.07, 6.45) is 2.30. The highest BCUT2D eigenvalue weighted by Crippen LogP contribution is 2.37. The van der Waals surface area contributed by atoms with Gasteiger partial charge in [-0.2, -0.15) is 11.8 Å². The molecule has 0 bridgehead atoms. The molecule has 24 heteroatoms. The maximum Gasteiger partial charge on any atom is 0.263 e. The molecule has 18 rings (SSSR count). The SMILES string of the molecule is CC(C)N(CCCOCCN1C(=O)c2cccc3cccc(c23)C1=O)CCN1C(=O)c2cccc3cccc(c23)C1=O.CC(C)N(CCCOCN1C(=O)c2cccc3cccc(c23)C1=O)CCN1C(=O)c2cccc3cccc(c23)C1=O.CC(C)N(CCCSCCN1C(=O)c2cccc3cccc(c23)C1=O)CCN1C(=O)c2cccc3cccc(c23)C1=O. The second-order valence-corrected chi connectivity index (χ2v) is 34.0. The first-order valence-corrected chi connectivity index (χ1v) is 44.0. The lowest BCUT2D eigenvalue weighted by Crippen LogP contribution is -2.46. The van der Waals surface area contributed by atoms with Crippen LogP contribution in [0.3, 0.4) is 0 Å². The molecule has 6 aliphatic heterocycles. The van der Waals surface area contributed by atoms with E-state index < -0.39 is 0 Å². The number of ether oxygens (including phenoxy) is 2. The fourth-order valence-corrected chi connectivity index (χ4v) is 18.8. The normalized spacial score (nSPS) is 14.8. The zero-order valence-corrected chi connectivity index (χ0v) is 71.6. The Morgan fingerprint density at radius 2 is 0.440 bits per heavy atom. The summed E-state index contributed by atoms with van der Waals surface area (Å²) in [7, 11) is 0. The molecule has 12 amide bonds. The highest BCUT2D eigenvalue weighted by Gasteiger charge is 2.40. The van der Waals surface area contributed by atoms with Gasteiger partial charge in [-0.25, -0.2) is 0 Å². The van der Waals surface area contributed by atoms with Crippen molar-refractivity contribution in [1.29, 1.82) is 0 Å². The summed E-state index contributed by atoms with van der Waals surface area (Å²) in [5, 5.41) is 9.72. The molecule has 6 aliphatic rings. The average Bonchev–Trinajstić information content (AvgIpc) is 0.895. The molecule has 12 aromatic carbocycles. The van der Waals surface area contributed by atoms with Crippen LogP contribution in [0.1, 0.15) is 185 Å². The van der Waals surface area contributed by atoms with Gasteiger partial charge in [0.05, 0.1) is 19.8 Å². The van der Waals surface area contributed by atoms with E-state index in [4.69, 9.17) is 9.47 Å². The second-order valence-electron chi connectivity index (χ2n) is 32.8. The molecule has 0 aliphatic carbocycles. The van der Waals surface area contributed by atoms with Crippen molar-refractivity contribution >= 4 is 147 Å². The molecule has 0 N–H and O–H groups in total. The lowest BCUT2D eigenvalue weighted by Gasteiger charge is -2.32. The molecule has 0 fully saturated rings. The van der Waals surface area contributed by atoms with Crippen molar-refractivity contribution in [3.05, 3.63) is 285 Å². The number of thioether (sulfide) groups is 1. The van der Waals surface area contributed by atoms with Crippen molar-refractivity contribution in [1.82, 2.24) is 44.1 Å². The number of carbonyl (C=O) groups excluding carboxylic acids is 12. The van der Waals surface area contributed by atoms with E-state index >= 15 is 0 Å². The predicted molar refractivity (Wildman–Crippen MR) is 484 cm³/mol. The molecule has 0 radical (unpaired) electrons. The summed E-state index contributed by atoms with van der Waals surface area (Å²) in [4.78, 5) is 172. The Hall–Kier alpha value is -12.8. The number of benzene rings is 12. The van der Waals surface area contributed by atoms with Crippen molar-refractivity contribution in [2.24, 2.45) is 0 Å². The largest absolute Gasteiger partial charge is 0.380 e. The van der Waals surface area contributed by atoms with Crippen molar-refractivity contribution in [2.45, 2.75) is 78.9 Å². The third-order valence-corrected chi connectivity index (χ3v) is 25.5. The molecule has 0 atom stereocenters. The Morgan fingerprint density at radius 1 is 0.232 bits per heavy atom. The molecular weight excluding hydrogens is 1600 g/mol. The van der Waals surface area contributed by atoms with Gasteiger partial charge in [-0.1, -0.05) is 146 Å². The van der Waals surface area contributed by atoms with Crippen LogP contribution in [0.25, 0.3) is 64.6 Å². The smallest absolute Gasteiger partial charge is 0.263 e. The number of hydrogen-bond acceptors (Lipinski definition) is 18. The lowest BCUT2D eigenvalue weighted by molar-refractivity contribution is 0.0188. The molecule has 0 aromatic heterocycles. The van der Waals surface area contributed by atoms with Gasteiger partial charge in [0, 0.05) is 188 Å². The van der Waals surface area contributed by atoms with E-state index in [1.807, 2.05) is 146 Å². The fourth-order valence-electron chi connectivity index (χ4n) is 18.0. The number of nitrogens with zero attached hydrogens (tertiary/aromatic N) is 9. The molecule has 0 saturated heterocycles. The molecule has 6 heterocycles. The summed E-state index contributed by atoms with van der Waals surface area (Å²) in [6, 6.07) is 67.1. The number of hydrogen-bond donors (Lipinski definition) is 0. The summed E-state index contributed by atoms with van der Waals surface area (Å²) in [5.74, 6) is -1.69. The zero-order chi connectivity index (χ0) is 87.4. The van der Waals surface area contributed by atoms with Crippen LogP contribution in [0.4, 0.5) is 0 Å². The van der Waals surface area contributed by atoms with Crippen molar-refractivity contribution in [2.75, 3.05) is 110 Å². The first-order chi connectivity index (χ1) is 60.6. The zero-order valence-electron chi connectivity index (χ0n) is 70.8. The monoisotopic (exact) mass is 1690 g/mol. The summed E-state index contributed by atoms with van der Waals surface area (Å²) in [5.41, 5.74) is 6.70. The average molecular weight is 1690 g/mol. The first kappa shape index (κ1) is 85.7. The van der Waals surface area contributed by atoms with Crippen LogP contribution in [0.5, 0.6) is 0 Å². The van der Waals surface area contributed by atoms with Crippen LogP contribution in [0.15, 0.2) is 218 Å². The molecular formula is C101H97N9O14S. The highest BCUT2D eigenvalue weighted by molar-refractivity contribution is 7.99. The summed E-state index contributed by atoms with van der Waals surface area (Å²) >= 11 is 1.72. The Morgan fingerprint density at radius 3 is 0.680 bits per heavy atom. The van der Waals surface area contributed by atoms with Crippen LogP contribution in [0.2, 0.25) is 0 Å². The predicted octanol–water partition coefficient (Wildman–Crippen LogP) is 15.7. The molecule has 0 spiro atoms. The van der Waals surface area contributed by atoms with E-state index in [0.29, 0.717) is 143 Å². The van der Waals surface area contributed by atoms with Crippen LogP contribution in [-0.4, -0.2) is 243 Å². The minimum atomic E-state index is -0.351. The molecule has 12 aromatic rings. The molecule has 0 saturated carbocycles. The Balaban J connectivity index is 0.000000138. The minimum absolute atomic E-state index is 0.119. The van der Waals surface area contributed by atoms with Crippen LogP contribution in [-0.2, 0) is 9.47 Å². The maximum atomic E-state index is 13.3. The third kappa shape index (κ3) is 16.9. The van der Waals surface area contributed by atoms with E-state index in [1.165, 1.54) is 24.5 Å². The lowest BCUT2D eigenvalue weighted by atomic mass is 9.94. The van der Waals surface area contributed by atoms with Gasteiger partial charge in [0.15, 0.2) is 0 Å². The van der Waals surface area contributed by atoms with Crippen molar-refractivity contribution in [3.63, 3.8) is 0 Å². The number of amides is 12. The van der Waals surface area contributed by atoms with Gasteiger partial charge in [-0.3, -0.25) is 102 Å². The molecule has 636 valence electrons. The fraction of sp³-hybridized carbons (Fsp3) is 0.287. The van der Waals surface area contributed by atoms with E-state index in [2.05, 4.69) is 56.2 Å². The standard InChI is InChI=1S/C34H33N3O5.C34H33N3O4S.C33H31N3O5/c2*1-22(2)35(17-18-36-31(38)25-12-3-8-23-9-4-13-26(29(23)25)32(36)39)16-7-20-42-21-19-37-33(40)27-14-5-10-24-11-6-15-28(30(24)27)34(37)41;1-21(2)34(17-18-35-30(37)24-12-3-8-22-9-4-13-25(28(22)24)31(35)38)16-7-19-41-20-36-32(39)26-14-5-10-23-11-6-15-27(29(23)26)33(36)40/h2*3-6,8-15,22H,7,16-21H2,1-2H3;3-6,8-15,21H,7,16-20H2,1-2H3. The number of carbonyl (C=O) groups is 12. The van der Waals surface area contributed by atoms with Gasteiger partial charge in [-0.05, 0) is 178 Å². The molecule has 125 heavy (non-hydrogen) atoms. The third-order valence-electron chi connectivity index (χ3n) is 24.5. The highest BCUT2D eigenvalue weighted by atomic mass is 32.2. The Labute approximate surface area is 728 Å². The molecule has 23 nitrogen and oxygen atoms in total. The Kier molecular flexibility index (Phi) is 25.6. The van der Waals surface area contributed by atoms with E-state index in [1.54, 1.807) is 84.6 Å². The maximum absolute atomic E-state index is 13.3. The topological polar surface area (TPSA) is 252 Å². The van der Waals surface area contributed by atoms with Crippen molar-refractivity contribution in [3.8, 4) is 0 Å². The summed E-state index contributed by atoms with van der Waals surface area (Å²) in [6.45, 7) is 18.8. The second kappa shape index (κ2) is 37.3. The molecule has 0 unspecified atom stereocenters. The van der Waals surface area contributed by atoms with E-state index in [9.17, 15) is 57.5 Å². The van der Waals surface area contributed by atoms with Gasteiger partial charge in [0.1, 0.15) is 6.73 Å². The van der Waals surface area contributed by atoms with Crippen LogP contribution >= 0.6 is 11.8 Å². The van der Waals surface area contributed by atoms with Gasteiger partial charge in [0.2, 0.25) is 0 Å². The minimum Gasteiger partial charge on any atom is -0.380 e.